The summed E-state index contributed by atoms with van der Waals surface area (Å²) in [6.45, 7) is 2.58. The van der Waals surface area contributed by atoms with Crippen LogP contribution in [0.15, 0.2) is 48.5 Å². The Kier molecular flexibility index (Phi) is 8.00. The number of amides is 2. The second-order valence-electron chi connectivity index (χ2n) is 8.65. The molecule has 6 nitrogen and oxygen atoms in total. The zero-order valence-corrected chi connectivity index (χ0v) is 19.7. The molecular formula is C26H31ClN4O2. The maximum atomic E-state index is 13.0. The van der Waals surface area contributed by atoms with Gasteiger partial charge in [0.1, 0.15) is 12.4 Å². The monoisotopic (exact) mass is 466 g/mol. The van der Waals surface area contributed by atoms with Crippen LogP contribution < -0.4 is 5.32 Å². The van der Waals surface area contributed by atoms with Crippen molar-refractivity contribution in [1.82, 2.24) is 19.8 Å². The third-order valence-corrected chi connectivity index (χ3v) is 6.41. The summed E-state index contributed by atoms with van der Waals surface area (Å²) in [6.07, 6.45) is 6.36. The number of halogens is 1. The first-order valence-electron chi connectivity index (χ1n) is 11.8. The Labute approximate surface area is 199 Å². The number of nitrogens with one attached hydrogen (secondary N) is 1. The maximum Gasteiger partial charge on any atom is 0.242 e. The minimum atomic E-state index is -0.0119. The molecule has 174 valence electrons. The normalized spacial score (nSPS) is 14.3. The van der Waals surface area contributed by atoms with Gasteiger partial charge in [0, 0.05) is 31.1 Å². The molecule has 0 atom stereocenters. The van der Waals surface area contributed by atoms with Gasteiger partial charge in [-0.3, -0.25) is 9.59 Å². The summed E-state index contributed by atoms with van der Waals surface area (Å²) in [5.41, 5.74) is 2.83. The Morgan fingerprint density at radius 3 is 2.45 bits per heavy atom. The number of carbonyl (C=O) groups is 2. The maximum absolute atomic E-state index is 13.0. The molecule has 1 N–H and O–H groups in total. The predicted molar refractivity (Wildman–Crippen MR) is 131 cm³/mol. The van der Waals surface area contributed by atoms with Gasteiger partial charge in [-0.05, 0) is 49.1 Å². The Bertz CT molecular complexity index is 1090. The van der Waals surface area contributed by atoms with E-state index in [1.54, 1.807) is 12.1 Å². The largest absolute Gasteiger partial charge is 0.356 e. The second kappa shape index (κ2) is 11.3. The van der Waals surface area contributed by atoms with Gasteiger partial charge in [0.2, 0.25) is 11.8 Å². The molecule has 3 aromatic rings. The molecular weight excluding hydrogens is 436 g/mol. The van der Waals surface area contributed by atoms with Gasteiger partial charge >= 0.3 is 0 Å². The summed E-state index contributed by atoms with van der Waals surface area (Å²) in [5.74, 6) is 1.05. The third-order valence-electron chi connectivity index (χ3n) is 6.16. The fraction of sp³-hybridized carbons (Fsp3) is 0.423. The van der Waals surface area contributed by atoms with Crippen LogP contribution in [0.1, 0.15) is 43.5 Å². The molecule has 1 aliphatic rings. The summed E-state index contributed by atoms with van der Waals surface area (Å²) in [4.78, 5) is 32.1. The molecule has 7 heteroatoms. The van der Waals surface area contributed by atoms with Gasteiger partial charge in [-0.1, -0.05) is 48.7 Å². The Morgan fingerprint density at radius 1 is 0.970 bits per heavy atom. The van der Waals surface area contributed by atoms with E-state index in [1.165, 1.54) is 12.8 Å². The lowest BCUT2D eigenvalue weighted by Gasteiger charge is -2.21. The van der Waals surface area contributed by atoms with E-state index in [1.807, 2.05) is 41.3 Å². The summed E-state index contributed by atoms with van der Waals surface area (Å²) in [6, 6.07) is 15.3. The first-order chi connectivity index (χ1) is 16.1. The SMILES string of the molecule is O=C(Cc1ccc(Cl)cc1)NCCCc1nc2ccccc2n1CC(=O)N1CCCCCC1. The van der Waals surface area contributed by atoms with E-state index in [2.05, 4.69) is 9.88 Å². The first-order valence-corrected chi connectivity index (χ1v) is 12.2. The van der Waals surface area contributed by atoms with E-state index in [-0.39, 0.29) is 11.8 Å². The number of aryl methyl sites for hydroxylation is 1. The van der Waals surface area contributed by atoms with E-state index in [4.69, 9.17) is 16.6 Å². The van der Waals surface area contributed by atoms with Crippen LogP contribution in [0.4, 0.5) is 0 Å². The topological polar surface area (TPSA) is 67.2 Å². The molecule has 0 saturated carbocycles. The number of para-hydroxylation sites is 2. The molecule has 1 saturated heterocycles. The number of hydrogen-bond donors (Lipinski definition) is 1. The molecule has 0 radical (unpaired) electrons. The van der Waals surface area contributed by atoms with Crippen molar-refractivity contribution in [2.75, 3.05) is 19.6 Å². The number of nitrogens with zero attached hydrogens (tertiary/aromatic N) is 3. The predicted octanol–water partition coefficient (Wildman–Crippen LogP) is 4.38. The molecule has 0 bridgehead atoms. The Balaban J connectivity index is 1.35. The number of rotatable bonds is 8. The van der Waals surface area contributed by atoms with Crippen LogP contribution in [0, 0.1) is 0 Å². The van der Waals surface area contributed by atoms with Crippen molar-refractivity contribution in [2.45, 2.75) is 51.5 Å². The van der Waals surface area contributed by atoms with E-state index in [0.29, 0.717) is 31.0 Å². The molecule has 2 amide bonds. The Morgan fingerprint density at radius 2 is 1.70 bits per heavy atom. The van der Waals surface area contributed by atoms with Crippen LogP contribution in [0.5, 0.6) is 0 Å². The number of aromatic nitrogens is 2. The van der Waals surface area contributed by atoms with Crippen LogP contribution in [0.2, 0.25) is 5.02 Å². The minimum Gasteiger partial charge on any atom is -0.356 e. The summed E-state index contributed by atoms with van der Waals surface area (Å²) in [5, 5.41) is 3.65. The lowest BCUT2D eigenvalue weighted by atomic mass is 10.1. The van der Waals surface area contributed by atoms with Gasteiger partial charge in [-0.2, -0.15) is 0 Å². The van der Waals surface area contributed by atoms with Gasteiger partial charge in [0.05, 0.1) is 17.5 Å². The minimum absolute atomic E-state index is 0.0119. The molecule has 1 aliphatic heterocycles. The number of benzene rings is 2. The lowest BCUT2D eigenvalue weighted by molar-refractivity contribution is -0.131. The average molecular weight is 467 g/mol. The smallest absolute Gasteiger partial charge is 0.242 e. The highest BCUT2D eigenvalue weighted by Crippen LogP contribution is 2.18. The van der Waals surface area contributed by atoms with Crippen LogP contribution in [0.3, 0.4) is 0 Å². The quantitative estimate of drug-likeness (QED) is 0.501. The molecule has 33 heavy (non-hydrogen) atoms. The highest BCUT2D eigenvalue weighted by Gasteiger charge is 2.19. The van der Waals surface area contributed by atoms with Crippen LogP contribution in [0.25, 0.3) is 11.0 Å². The van der Waals surface area contributed by atoms with Crippen molar-refractivity contribution in [3.63, 3.8) is 0 Å². The fourth-order valence-electron chi connectivity index (χ4n) is 4.37. The highest BCUT2D eigenvalue weighted by molar-refractivity contribution is 6.30. The zero-order valence-electron chi connectivity index (χ0n) is 18.9. The van der Waals surface area contributed by atoms with Gasteiger partial charge in [0.15, 0.2) is 0 Å². The third kappa shape index (κ3) is 6.35. The van der Waals surface area contributed by atoms with E-state index in [9.17, 15) is 9.59 Å². The van der Waals surface area contributed by atoms with E-state index < -0.39 is 0 Å². The zero-order chi connectivity index (χ0) is 23.0. The molecule has 1 fully saturated rings. The lowest BCUT2D eigenvalue weighted by Crippen LogP contribution is -2.35. The number of hydrogen-bond acceptors (Lipinski definition) is 3. The molecule has 2 aromatic carbocycles. The Hall–Kier alpha value is -2.86. The van der Waals surface area contributed by atoms with Crippen molar-refractivity contribution < 1.29 is 9.59 Å². The molecule has 2 heterocycles. The molecule has 4 rings (SSSR count). The highest BCUT2D eigenvalue weighted by atomic mass is 35.5. The summed E-state index contributed by atoms with van der Waals surface area (Å²) < 4.78 is 2.05. The number of likely N-dealkylation sites (tertiary alicyclic amines) is 1. The van der Waals surface area contributed by atoms with Gasteiger partial charge in [-0.25, -0.2) is 4.98 Å². The number of fused-ring (bicyclic) bond motifs is 1. The number of imidazole rings is 1. The summed E-state index contributed by atoms with van der Waals surface area (Å²) in [7, 11) is 0. The van der Waals surface area contributed by atoms with Crippen molar-refractivity contribution >= 4 is 34.4 Å². The number of carbonyl (C=O) groups excluding carboxylic acids is 2. The van der Waals surface area contributed by atoms with Crippen molar-refractivity contribution in [2.24, 2.45) is 0 Å². The van der Waals surface area contributed by atoms with E-state index in [0.717, 1.165) is 54.8 Å². The van der Waals surface area contributed by atoms with Crippen molar-refractivity contribution in [3.05, 3.63) is 64.9 Å². The first kappa shape index (κ1) is 23.3. The molecule has 0 spiro atoms. The van der Waals surface area contributed by atoms with E-state index >= 15 is 0 Å². The van der Waals surface area contributed by atoms with Gasteiger partial charge < -0.3 is 14.8 Å². The standard InChI is InChI=1S/C26H31ClN4O2/c27-21-13-11-20(12-14-21)18-25(32)28-15-7-10-24-29-22-8-3-4-9-23(22)31(24)19-26(33)30-16-5-1-2-6-17-30/h3-4,8-9,11-14H,1-2,5-7,10,15-19H2,(H,28,32). The van der Waals surface area contributed by atoms with Gasteiger partial charge in [0.25, 0.3) is 0 Å². The molecule has 0 unspecified atom stereocenters. The van der Waals surface area contributed by atoms with Crippen LogP contribution >= 0.6 is 11.6 Å². The van der Waals surface area contributed by atoms with Crippen molar-refractivity contribution in [1.29, 1.82) is 0 Å². The average Bonchev–Trinajstić information content (AvgIpc) is 2.98. The second-order valence-corrected chi connectivity index (χ2v) is 9.09. The van der Waals surface area contributed by atoms with Crippen LogP contribution in [-0.4, -0.2) is 45.9 Å². The molecule has 0 aliphatic carbocycles. The fourth-order valence-corrected chi connectivity index (χ4v) is 4.50. The molecule has 1 aromatic heterocycles. The summed E-state index contributed by atoms with van der Waals surface area (Å²) >= 11 is 5.90. The van der Waals surface area contributed by atoms with Crippen LogP contribution in [-0.2, 0) is 29.0 Å². The van der Waals surface area contributed by atoms with Gasteiger partial charge in [-0.15, -0.1) is 0 Å². The van der Waals surface area contributed by atoms with Crippen molar-refractivity contribution in [3.8, 4) is 0 Å².